The summed E-state index contributed by atoms with van der Waals surface area (Å²) in [5.41, 5.74) is 0.278. The number of nitrogens with one attached hydrogen (secondary N) is 2. The number of hydrogen-bond acceptors (Lipinski definition) is 3. The van der Waals surface area contributed by atoms with E-state index in [1.165, 1.54) is 38.8 Å². The van der Waals surface area contributed by atoms with Gasteiger partial charge in [-0.25, -0.2) is 0 Å². The van der Waals surface area contributed by atoms with Crippen LogP contribution in [0.25, 0.3) is 0 Å². The van der Waals surface area contributed by atoms with Gasteiger partial charge < -0.3 is 15.5 Å². The highest BCUT2D eigenvalue weighted by molar-refractivity contribution is 5.79. The van der Waals surface area contributed by atoms with Crippen molar-refractivity contribution in [1.82, 2.24) is 20.4 Å². The second-order valence-electron chi connectivity index (χ2n) is 8.39. The SMILES string of the molecule is CCCCCC(C)(C)CN=C(NCC)NCC(C)N1CCN(C)CC1. The van der Waals surface area contributed by atoms with Gasteiger partial charge >= 0.3 is 0 Å². The van der Waals surface area contributed by atoms with Gasteiger partial charge in [-0.1, -0.05) is 40.0 Å². The molecule has 1 heterocycles. The van der Waals surface area contributed by atoms with Crippen molar-refractivity contribution in [2.24, 2.45) is 10.4 Å². The number of unbranched alkanes of at least 4 members (excludes halogenated alkanes) is 2. The number of nitrogens with zero attached hydrogens (tertiary/aromatic N) is 3. The minimum atomic E-state index is 0.278. The van der Waals surface area contributed by atoms with E-state index >= 15 is 0 Å². The van der Waals surface area contributed by atoms with E-state index < -0.39 is 0 Å². The summed E-state index contributed by atoms with van der Waals surface area (Å²) >= 11 is 0. The Morgan fingerprint density at radius 2 is 1.76 bits per heavy atom. The first kappa shape index (κ1) is 22.2. The molecular weight excluding hydrogens is 310 g/mol. The third-order valence-corrected chi connectivity index (χ3v) is 5.19. The minimum Gasteiger partial charge on any atom is -0.357 e. The maximum absolute atomic E-state index is 4.86. The summed E-state index contributed by atoms with van der Waals surface area (Å²) in [5, 5.41) is 6.95. The third-order valence-electron chi connectivity index (χ3n) is 5.19. The van der Waals surface area contributed by atoms with Crippen LogP contribution in [0.1, 0.15) is 60.3 Å². The molecule has 1 saturated heterocycles. The summed E-state index contributed by atoms with van der Waals surface area (Å²) in [7, 11) is 2.21. The Bertz CT molecular complexity index is 372. The van der Waals surface area contributed by atoms with E-state index in [-0.39, 0.29) is 5.41 Å². The smallest absolute Gasteiger partial charge is 0.191 e. The molecule has 0 aliphatic carbocycles. The second-order valence-corrected chi connectivity index (χ2v) is 8.39. The van der Waals surface area contributed by atoms with Crippen molar-refractivity contribution < 1.29 is 0 Å². The van der Waals surface area contributed by atoms with Gasteiger partial charge in [0, 0.05) is 51.9 Å². The highest BCUT2D eigenvalue weighted by Gasteiger charge is 2.20. The van der Waals surface area contributed by atoms with E-state index in [2.05, 4.69) is 62.1 Å². The van der Waals surface area contributed by atoms with Crippen LogP contribution in [0.15, 0.2) is 4.99 Å². The number of guanidine groups is 1. The fraction of sp³-hybridized carbons (Fsp3) is 0.950. The molecule has 1 aliphatic heterocycles. The molecule has 0 aromatic heterocycles. The van der Waals surface area contributed by atoms with Gasteiger partial charge in [-0.05, 0) is 32.7 Å². The van der Waals surface area contributed by atoms with Gasteiger partial charge in [0.25, 0.3) is 0 Å². The Morgan fingerprint density at radius 3 is 2.36 bits per heavy atom. The number of rotatable bonds is 10. The van der Waals surface area contributed by atoms with Gasteiger partial charge in [0.2, 0.25) is 0 Å². The van der Waals surface area contributed by atoms with Crippen LogP contribution in [0.2, 0.25) is 0 Å². The predicted octanol–water partition coefficient (Wildman–Crippen LogP) is 2.78. The summed E-state index contributed by atoms with van der Waals surface area (Å²) in [5.74, 6) is 0.965. The molecule has 0 bridgehead atoms. The van der Waals surface area contributed by atoms with E-state index in [0.717, 1.165) is 38.7 Å². The lowest BCUT2D eigenvalue weighted by atomic mass is 9.87. The van der Waals surface area contributed by atoms with E-state index in [9.17, 15) is 0 Å². The van der Waals surface area contributed by atoms with Crippen molar-refractivity contribution >= 4 is 5.96 Å². The highest BCUT2D eigenvalue weighted by Crippen LogP contribution is 2.23. The fourth-order valence-electron chi connectivity index (χ4n) is 3.20. The van der Waals surface area contributed by atoms with E-state index in [4.69, 9.17) is 4.99 Å². The van der Waals surface area contributed by atoms with Crippen LogP contribution >= 0.6 is 0 Å². The molecule has 0 radical (unpaired) electrons. The molecule has 1 fully saturated rings. The van der Waals surface area contributed by atoms with Crippen molar-refractivity contribution in [1.29, 1.82) is 0 Å². The largest absolute Gasteiger partial charge is 0.357 e. The van der Waals surface area contributed by atoms with Crippen LogP contribution < -0.4 is 10.6 Å². The first-order valence-electron chi connectivity index (χ1n) is 10.3. The molecule has 0 spiro atoms. The Hall–Kier alpha value is -0.810. The maximum atomic E-state index is 4.86. The van der Waals surface area contributed by atoms with Crippen molar-refractivity contribution in [2.45, 2.75) is 66.3 Å². The van der Waals surface area contributed by atoms with Crippen LogP contribution in [0, 0.1) is 5.41 Å². The molecule has 148 valence electrons. The van der Waals surface area contributed by atoms with Crippen molar-refractivity contribution in [3.63, 3.8) is 0 Å². The summed E-state index contributed by atoms with van der Waals surface area (Å²) in [6, 6.07) is 0.537. The molecule has 0 aromatic carbocycles. The van der Waals surface area contributed by atoms with Gasteiger partial charge in [-0.2, -0.15) is 0 Å². The zero-order valence-corrected chi connectivity index (χ0v) is 17.7. The van der Waals surface area contributed by atoms with Gasteiger partial charge in [-0.3, -0.25) is 9.89 Å². The first-order chi connectivity index (χ1) is 11.9. The molecule has 0 saturated carbocycles. The Kier molecular flexibility index (Phi) is 10.4. The summed E-state index contributed by atoms with van der Waals surface area (Å²) in [6.45, 7) is 18.8. The van der Waals surface area contributed by atoms with Crippen molar-refractivity contribution in [3.8, 4) is 0 Å². The number of aliphatic imine (C=N–C) groups is 1. The fourth-order valence-corrected chi connectivity index (χ4v) is 3.20. The molecule has 0 aromatic rings. The average molecular weight is 354 g/mol. The summed E-state index contributed by atoms with van der Waals surface area (Å²) in [6.07, 6.45) is 5.17. The van der Waals surface area contributed by atoms with Crippen LogP contribution in [-0.2, 0) is 0 Å². The van der Waals surface area contributed by atoms with E-state index in [1.54, 1.807) is 0 Å². The monoisotopic (exact) mass is 353 g/mol. The Morgan fingerprint density at radius 1 is 1.08 bits per heavy atom. The standard InChI is InChI=1S/C20H43N5/c1-7-9-10-11-20(4,5)17-23-19(21-8-2)22-16-18(3)25-14-12-24(6)13-15-25/h18H,7-17H2,1-6H3,(H2,21,22,23). The number of likely N-dealkylation sites (N-methyl/N-ethyl adjacent to an activating group) is 1. The predicted molar refractivity (Wildman–Crippen MR) is 110 cm³/mol. The zero-order chi connectivity index (χ0) is 18.7. The molecule has 1 atom stereocenters. The van der Waals surface area contributed by atoms with Gasteiger partial charge in [0.15, 0.2) is 5.96 Å². The Balaban J connectivity index is 2.44. The molecule has 2 N–H and O–H groups in total. The van der Waals surface area contributed by atoms with Crippen molar-refractivity contribution in [2.75, 3.05) is 52.9 Å². The third kappa shape index (κ3) is 9.45. The lowest BCUT2D eigenvalue weighted by molar-refractivity contribution is 0.120. The average Bonchev–Trinajstić information content (AvgIpc) is 2.58. The topological polar surface area (TPSA) is 42.9 Å². The first-order valence-corrected chi connectivity index (χ1v) is 10.3. The van der Waals surface area contributed by atoms with Crippen LogP contribution in [0.5, 0.6) is 0 Å². The van der Waals surface area contributed by atoms with Crippen LogP contribution in [0.3, 0.4) is 0 Å². The number of hydrogen-bond donors (Lipinski definition) is 2. The molecule has 1 aliphatic rings. The minimum absolute atomic E-state index is 0.278. The molecule has 5 nitrogen and oxygen atoms in total. The van der Waals surface area contributed by atoms with Gasteiger partial charge in [0.1, 0.15) is 0 Å². The lowest BCUT2D eigenvalue weighted by Gasteiger charge is -2.36. The van der Waals surface area contributed by atoms with E-state index in [0.29, 0.717) is 6.04 Å². The molecule has 25 heavy (non-hydrogen) atoms. The number of piperazine rings is 1. The van der Waals surface area contributed by atoms with Crippen molar-refractivity contribution in [3.05, 3.63) is 0 Å². The summed E-state index contributed by atoms with van der Waals surface area (Å²) < 4.78 is 0. The maximum Gasteiger partial charge on any atom is 0.191 e. The lowest BCUT2D eigenvalue weighted by Crippen LogP contribution is -2.52. The molecule has 1 unspecified atom stereocenters. The van der Waals surface area contributed by atoms with Gasteiger partial charge in [0.05, 0.1) is 0 Å². The molecule has 1 rings (SSSR count). The normalized spacial score (nSPS) is 19.0. The van der Waals surface area contributed by atoms with Crippen LogP contribution in [-0.4, -0.2) is 74.7 Å². The van der Waals surface area contributed by atoms with E-state index in [1.807, 2.05) is 0 Å². The van der Waals surface area contributed by atoms with Crippen LogP contribution in [0.4, 0.5) is 0 Å². The second kappa shape index (κ2) is 11.7. The Labute approximate surface area is 156 Å². The molecule has 5 heteroatoms. The zero-order valence-electron chi connectivity index (χ0n) is 17.7. The molecule has 0 amide bonds. The molecular formula is C20H43N5. The summed E-state index contributed by atoms with van der Waals surface area (Å²) in [4.78, 5) is 9.84. The van der Waals surface area contributed by atoms with Gasteiger partial charge in [-0.15, -0.1) is 0 Å². The quantitative estimate of drug-likeness (QED) is 0.360. The highest BCUT2D eigenvalue weighted by atomic mass is 15.3.